The third-order valence-electron chi connectivity index (χ3n) is 2.53. The van der Waals surface area contributed by atoms with Crippen molar-refractivity contribution in [1.29, 1.82) is 0 Å². The van der Waals surface area contributed by atoms with Crippen molar-refractivity contribution in [2.45, 2.75) is 6.92 Å². The molecule has 2 rings (SSSR count). The summed E-state index contributed by atoms with van der Waals surface area (Å²) in [5.74, 6) is 2.08. The number of nitrogens with zero attached hydrogens (tertiary/aromatic N) is 2. The predicted molar refractivity (Wildman–Crippen MR) is 81.9 cm³/mol. The van der Waals surface area contributed by atoms with Crippen LogP contribution in [0.5, 0.6) is 5.75 Å². The largest absolute Gasteiger partial charge is 0.495 e. The van der Waals surface area contributed by atoms with Gasteiger partial charge in [0.2, 0.25) is 5.95 Å². The molecule has 20 heavy (non-hydrogen) atoms. The Kier molecular flexibility index (Phi) is 4.47. The van der Waals surface area contributed by atoms with Crippen LogP contribution in [0.1, 0.15) is 6.92 Å². The van der Waals surface area contributed by atoms with Crippen LogP contribution in [0.2, 0.25) is 5.02 Å². The first-order valence-electron chi connectivity index (χ1n) is 6.11. The number of nitrogens with one attached hydrogen (secondary N) is 2. The maximum absolute atomic E-state index is 6.07. The molecular formula is C13H16ClN5O. The predicted octanol–water partition coefficient (Wildman–Crippen LogP) is 2.90. The van der Waals surface area contributed by atoms with E-state index >= 15 is 0 Å². The van der Waals surface area contributed by atoms with E-state index in [4.69, 9.17) is 22.1 Å². The van der Waals surface area contributed by atoms with Gasteiger partial charge in [-0.15, -0.1) is 0 Å². The van der Waals surface area contributed by atoms with Gasteiger partial charge in [0.25, 0.3) is 0 Å². The first kappa shape index (κ1) is 14.2. The highest BCUT2D eigenvalue weighted by molar-refractivity contribution is 6.32. The Morgan fingerprint density at radius 2 is 2.00 bits per heavy atom. The van der Waals surface area contributed by atoms with E-state index in [0.717, 1.165) is 12.2 Å². The van der Waals surface area contributed by atoms with Crippen molar-refractivity contribution >= 4 is 34.9 Å². The molecule has 7 heteroatoms. The SMILES string of the molecule is CCNc1cc(Nc2ccc(OC)c(Cl)c2)nc(N)n1. The third kappa shape index (κ3) is 3.42. The molecular weight excluding hydrogens is 278 g/mol. The van der Waals surface area contributed by atoms with Crippen molar-refractivity contribution in [3.05, 3.63) is 29.3 Å². The molecule has 0 amide bonds. The number of nitrogens with two attached hydrogens (primary N) is 1. The van der Waals surface area contributed by atoms with Crippen LogP contribution in [-0.2, 0) is 0 Å². The van der Waals surface area contributed by atoms with Crippen molar-refractivity contribution < 1.29 is 4.74 Å². The number of ether oxygens (including phenoxy) is 1. The summed E-state index contributed by atoms with van der Waals surface area (Å²) in [4.78, 5) is 8.20. The molecule has 0 unspecified atom stereocenters. The minimum absolute atomic E-state index is 0.200. The summed E-state index contributed by atoms with van der Waals surface area (Å²) in [6.07, 6.45) is 0. The van der Waals surface area contributed by atoms with E-state index in [1.807, 2.05) is 13.0 Å². The average molecular weight is 294 g/mol. The van der Waals surface area contributed by atoms with Gasteiger partial charge in [0.15, 0.2) is 0 Å². The summed E-state index contributed by atoms with van der Waals surface area (Å²) < 4.78 is 5.10. The number of rotatable bonds is 5. The molecule has 0 saturated carbocycles. The van der Waals surface area contributed by atoms with Crippen molar-refractivity contribution in [2.24, 2.45) is 0 Å². The molecule has 2 aromatic rings. The van der Waals surface area contributed by atoms with Crippen molar-refractivity contribution in [2.75, 3.05) is 30.0 Å². The molecule has 0 aliphatic rings. The van der Waals surface area contributed by atoms with Crippen LogP contribution in [0, 0.1) is 0 Å². The van der Waals surface area contributed by atoms with Crippen LogP contribution in [0.3, 0.4) is 0 Å². The standard InChI is InChI=1S/C13H16ClN5O/c1-3-16-11-7-12(19-13(15)18-11)17-8-4-5-10(20-2)9(14)6-8/h4-7H,3H2,1-2H3,(H4,15,16,17,18,19). The number of aromatic nitrogens is 2. The second kappa shape index (κ2) is 6.29. The summed E-state index contributed by atoms with van der Waals surface area (Å²) in [6.45, 7) is 2.74. The van der Waals surface area contributed by atoms with Gasteiger partial charge in [0.1, 0.15) is 17.4 Å². The molecule has 0 aliphatic carbocycles. The van der Waals surface area contributed by atoms with E-state index < -0.39 is 0 Å². The Morgan fingerprint density at radius 3 is 2.65 bits per heavy atom. The first-order chi connectivity index (χ1) is 9.62. The Hall–Kier alpha value is -2.21. The fourth-order valence-corrected chi connectivity index (χ4v) is 1.95. The molecule has 0 radical (unpaired) electrons. The number of hydrogen-bond donors (Lipinski definition) is 3. The van der Waals surface area contributed by atoms with Crippen molar-refractivity contribution in [3.8, 4) is 5.75 Å². The van der Waals surface area contributed by atoms with Crippen LogP contribution in [0.15, 0.2) is 24.3 Å². The molecule has 0 spiro atoms. The summed E-state index contributed by atoms with van der Waals surface area (Å²) in [5.41, 5.74) is 6.46. The summed E-state index contributed by atoms with van der Waals surface area (Å²) >= 11 is 6.07. The lowest BCUT2D eigenvalue weighted by molar-refractivity contribution is 0.415. The number of anilines is 4. The lowest BCUT2D eigenvalue weighted by Gasteiger charge is -2.10. The molecule has 1 aromatic carbocycles. The van der Waals surface area contributed by atoms with Gasteiger partial charge in [0, 0.05) is 18.3 Å². The molecule has 0 saturated heterocycles. The first-order valence-corrected chi connectivity index (χ1v) is 6.49. The van der Waals surface area contributed by atoms with Gasteiger partial charge in [-0.25, -0.2) is 0 Å². The normalized spacial score (nSPS) is 10.2. The highest BCUT2D eigenvalue weighted by Gasteiger charge is 2.05. The van der Waals surface area contributed by atoms with Crippen LogP contribution < -0.4 is 21.1 Å². The molecule has 4 N–H and O–H groups in total. The lowest BCUT2D eigenvalue weighted by atomic mass is 10.3. The smallest absolute Gasteiger partial charge is 0.223 e. The van der Waals surface area contributed by atoms with Gasteiger partial charge in [0.05, 0.1) is 12.1 Å². The fourth-order valence-electron chi connectivity index (χ4n) is 1.69. The van der Waals surface area contributed by atoms with Gasteiger partial charge < -0.3 is 21.1 Å². The Bertz CT molecular complexity index is 605. The highest BCUT2D eigenvalue weighted by atomic mass is 35.5. The monoisotopic (exact) mass is 293 g/mol. The number of hydrogen-bond acceptors (Lipinski definition) is 6. The second-order valence-corrected chi connectivity index (χ2v) is 4.41. The van der Waals surface area contributed by atoms with E-state index in [-0.39, 0.29) is 5.95 Å². The van der Waals surface area contributed by atoms with E-state index in [1.165, 1.54) is 0 Å². The summed E-state index contributed by atoms with van der Waals surface area (Å²) in [5, 5.41) is 6.73. The van der Waals surface area contributed by atoms with Crippen LogP contribution >= 0.6 is 11.6 Å². The second-order valence-electron chi connectivity index (χ2n) is 4.00. The van der Waals surface area contributed by atoms with Crippen molar-refractivity contribution in [3.63, 3.8) is 0 Å². The molecule has 6 nitrogen and oxygen atoms in total. The Balaban J connectivity index is 2.23. The highest BCUT2D eigenvalue weighted by Crippen LogP contribution is 2.28. The molecule has 106 valence electrons. The molecule has 1 heterocycles. The fraction of sp³-hybridized carbons (Fsp3) is 0.231. The van der Waals surface area contributed by atoms with Gasteiger partial charge in [-0.3, -0.25) is 0 Å². The molecule has 0 atom stereocenters. The minimum Gasteiger partial charge on any atom is -0.495 e. The zero-order chi connectivity index (χ0) is 14.5. The maximum atomic E-state index is 6.07. The molecule has 0 fully saturated rings. The molecule has 0 aliphatic heterocycles. The van der Waals surface area contributed by atoms with Gasteiger partial charge in [-0.2, -0.15) is 9.97 Å². The zero-order valence-corrected chi connectivity index (χ0v) is 12.0. The Labute approximate surface area is 122 Å². The van der Waals surface area contributed by atoms with Crippen molar-refractivity contribution in [1.82, 2.24) is 9.97 Å². The van der Waals surface area contributed by atoms with Crippen LogP contribution in [-0.4, -0.2) is 23.6 Å². The van der Waals surface area contributed by atoms with E-state index in [9.17, 15) is 0 Å². The number of methoxy groups -OCH3 is 1. The topological polar surface area (TPSA) is 85.1 Å². The van der Waals surface area contributed by atoms with Crippen LogP contribution in [0.4, 0.5) is 23.3 Å². The number of halogens is 1. The molecule has 0 bridgehead atoms. The summed E-state index contributed by atoms with van der Waals surface area (Å²) in [6, 6.07) is 7.15. The van der Waals surface area contributed by atoms with E-state index in [2.05, 4.69) is 20.6 Å². The lowest BCUT2D eigenvalue weighted by Crippen LogP contribution is -2.05. The minimum atomic E-state index is 0.200. The Morgan fingerprint density at radius 1 is 1.25 bits per heavy atom. The van der Waals surface area contributed by atoms with E-state index in [0.29, 0.717) is 22.4 Å². The maximum Gasteiger partial charge on any atom is 0.223 e. The average Bonchev–Trinajstić information content (AvgIpc) is 2.38. The molecule has 1 aromatic heterocycles. The summed E-state index contributed by atoms with van der Waals surface area (Å²) in [7, 11) is 1.57. The number of nitrogen functional groups attached to an aromatic ring is 1. The van der Waals surface area contributed by atoms with Gasteiger partial charge >= 0.3 is 0 Å². The third-order valence-corrected chi connectivity index (χ3v) is 2.82. The van der Waals surface area contributed by atoms with Crippen LogP contribution in [0.25, 0.3) is 0 Å². The quantitative estimate of drug-likeness (QED) is 0.786. The van der Waals surface area contributed by atoms with Gasteiger partial charge in [-0.1, -0.05) is 11.6 Å². The van der Waals surface area contributed by atoms with E-state index in [1.54, 1.807) is 25.3 Å². The van der Waals surface area contributed by atoms with Gasteiger partial charge in [-0.05, 0) is 25.1 Å². The number of benzene rings is 1. The zero-order valence-electron chi connectivity index (χ0n) is 11.3.